The third kappa shape index (κ3) is 2.77. The Morgan fingerprint density at radius 3 is 2.21 bits per heavy atom. The summed E-state index contributed by atoms with van der Waals surface area (Å²) in [5.41, 5.74) is 1.17. The van der Waals surface area contributed by atoms with Crippen molar-refractivity contribution in [2.24, 2.45) is 0 Å². The maximum absolute atomic E-state index is 5.40. The Morgan fingerprint density at radius 1 is 1.11 bits per heavy atom. The summed E-state index contributed by atoms with van der Waals surface area (Å²) in [5, 5.41) is 3.41. The fourth-order valence-corrected chi connectivity index (χ4v) is 2.47. The van der Waals surface area contributed by atoms with Crippen LogP contribution in [0.1, 0.15) is 11.6 Å². The number of piperazine rings is 1. The lowest BCUT2D eigenvalue weighted by Crippen LogP contribution is -2.43. The molecular weight excluding hydrogens is 244 g/mol. The van der Waals surface area contributed by atoms with Crippen LogP contribution in [0.15, 0.2) is 12.1 Å². The Hall–Kier alpha value is -1.46. The predicted octanol–water partition coefficient (Wildman–Crippen LogP) is 1.29. The summed E-state index contributed by atoms with van der Waals surface area (Å²) < 4.78 is 16.2. The van der Waals surface area contributed by atoms with Crippen LogP contribution in [0.25, 0.3) is 0 Å². The van der Waals surface area contributed by atoms with E-state index in [1.54, 1.807) is 21.3 Å². The van der Waals surface area contributed by atoms with Crippen LogP contribution in [0.3, 0.4) is 0 Å². The Balaban J connectivity index is 2.40. The first kappa shape index (κ1) is 14.0. The van der Waals surface area contributed by atoms with Crippen LogP contribution in [0.2, 0.25) is 0 Å². The fraction of sp³-hybridized carbons (Fsp3) is 0.571. The van der Waals surface area contributed by atoms with E-state index in [1.807, 2.05) is 12.1 Å². The lowest BCUT2D eigenvalue weighted by atomic mass is 10.0. The van der Waals surface area contributed by atoms with E-state index in [0.29, 0.717) is 23.3 Å². The van der Waals surface area contributed by atoms with Gasteiger partial charge in [0.05, 0.1) is 21.3 Å². The quantitative estimate of drug-likeness (QED) is 0.889. The standard InChI is InChI=1S/C14H22N2O3/c1-16-6-5-15-9-11(16)10-7-12(17-2)14(19-4)13(8-10)18-3/h7-8,11,15H,5-6,9H2,1-4H3. The number of hydrogen-bond acceptors (Lipinski definition) is 5. The lowest BCUT2D eigenvalue weighted by molar-refractivity contribution is 0.201. The molecule has 0 bridgehead atoms. The summed E-state index contributed by atoms with van der Waals surface area (Å²) in [4.78, 5) is 2.33. The van der Waals surface area contributed by atoms with Gasteiger partial charge in [-0.1, -0.05) is 0 Å². The number of methoxy groups -OCH3 is 3. The summed E-state index contributed by atoms with van der Waals surface area (Å²) >= 11 is 0. The Bertz CT molecular complexity index is 412. The van der Waals surface area contributed by atoms with Crippen LogP contribution in [0.4, 0.5) is 0 Å². The molecule has 0 spiro atoms. The highest BCUT2D eigenvalue weighted by molar-refractivity contribution is 5.54. The maximum Gasteiger partial charge on any atom is 0.203 e. The molecule has 1 heterocycles. The van der Waals surface area contributed by atoms with E-state index in [4.69, 9.17) is 14.2 Å². The third-order valence-electron chi connectivity index (χ3n) is 3.58. The van der Waals surface area contributed by atoms with Crippen LogP contribution in [-0.4, -0.2) is 52.9 Å². The molecule has 1 aromatic carbocycles. The molecule has 106 valence electrons. The molecule has 2 rings (SSSR count). The third-order valence-corrected chi connectivity index (χ3v) is 3.58. The number of benzene rings is 1. The first-order valence-electron chi connectivity index (χ1n) is 6.42. The van der Waals surface area contributed by atoms with Crippen LogP contribution in [0, 0.1) is 0 Å². The second kappa shape index (κ2) is 6.12. The smallest absolute Gasteiger partial charge is 0.203 e. The number of rotatable bonds is 4. The molecule has 5 heteroatoms. The van der Waals surface area contributed by atoms with E-state index in [1.165, 1.54) is 5.56 Å². The van der Waals surface area contributed by atoms with Gasteiger partial charge in [0.2, 0.25) is 5.75 Å². The molecule has 1 unspecified atom stereocenters. The number of nitrogens with zero attached hydrogens (tertiary/aromatic N) is 1. The largest absolute Gasteiger partial charge is 0.493 e. The van der Waals surface area contributed by atoms with Gasteiger partial charge in [-0.2, -0.15) is 0 Å². The number of likely N-dealkylation sites (N-methyl/N-ethyl adjacent to an activating group) is 1. The molecule has 0 aliphatic carbocycles. The molecule has 1 aromatic rings. The molecule has 1 saturated heterocycles. The van der Waals surface area contributed by atoms with Crippen LogP contribution in [0.5, 0.6) is 17.2 Å². The highest BCUT2D eigenvalue weighted by Crippen LogP contribution is 2.40. The van der Waals surface area contributed by atoms with Gasteiger partial charge in [0.15, 0.2) is 11.5 Å². The minimum Gasteiger partial charge on any atom is -0.493 e. The molecule has 0 aromatic heterocycles. The summed E-state index contributed by atoms with van der Waals surface area (Å²) in [6.45, 7) is 2.98. The summed E-state index contributed by atoms with van der Waals surface area (Å²) in [6, 6.07) is 4.37. The lowest BCUT2D eigenvalue weighted by Gasteiger charge is -2.33. The summed E-state index contributed by atoms with van der Waals surface area (Å²) in [5.74, 6) is 2.05. The molecule has 1 fully saturated rings. The zero-order valence-electron chi connectivity index (χ0n) is 12.0. The Morgan fingerprint density at radius 2 is 1.74 bits per heavy atom. The number of hydrogen-bond donors (Lipinski definition) is 1. The predicted molar refractivity (Wildman–Crippen MR) is 74.3 cm³/mol. The fourth-order valence-electron chi connectivity index (χ4n) is 2.47. The van der Waals surface area contributed by atoms with E-state index in [0.717, 1.165) is 19.6 Å². The van der Waals surface area contributed by atoms with Gasteiger partial charge in [-0.05, 0) is 24.7 Å². The van der Waals surface area contributed by atoms with Crippen molar-refractivity contribution in [3.8, 4) is 17.2 Å². The molecule has 0 radical (unpaired) electrons. The molecule has 1 atom stereocenters. The van der Waals surface area contributed by atoms with E-state index >= 15 is 0 Å². The van der Waals surface area contributed by atoms with Crippen molar-refractivity contribution in [2.75, 3.05) is 48.0 Å². The molecule has 0 amide bonds. The zero-order valence-corrected chi connectivity index (χ0v) is 12.0. The van der Waals surface area contributed by atoms with E-state index < -0.39 is 0 Å². The van der Waals surface area contributed by atoms with Crippen molar-refractivity contribution >= 4 is 0 Å². The van der Waals surface area contributed by atoms with Gasteiger partial charge in [0.1, 0.15) is 0 Å². The van der Waals surface area contributed by atoms with E-state index in [9.17, 15) is 0 Å². The number of ether oxygens (including phenoxy) is 3. The average molecular weight is 266 g/mol. The molecule has 5 nitrogen and oxygen atoms in total. The molecular formula is C14H22N2O3. The van der Waals surface area contributed by atoms with Gasteiger partial charge in [0, 0.05) is 25.7 Å². The Labute approximate surface area is 114 Å². The summed E-state index contributed by atoms with van der Waals surface area (Å²) in [7, 11) is 7.04. The zero-order chi connectivity index (χ0) is 13.8. The van der Waals surface area contributed by atoms with Crippen LogP contribution < -0.4 is 19.5 Å². The number of nitrogens with one attached hydrogen (secondary N) is 1. The SMILES string of the molecule is COc1cc(C2CNCCN2C)cc(OC)c1OC. The van der Waals surface area contributed by atoms with Crippen molar-refractivity contribution in [2.45, 2.75) is 6.04 Å². The van der Waals surface area contributed by atoms with Crippen molar-refractivity contribution in [1.29, 1.82) is 0 Å². The van der Waals surface area contributed by atoms with Gasteiger partial charge in [-0.25, -0.2) is 0 Å². The minimum absolute atomic E-state index is 0.322. The highest BCUT2D eigenvalue weighted by atomic mass is 16.5. The summed E-state index contributed by atoms with van der Waals surface area (Å²) in [6.07, 6.45) is 0. The first-order chi connectivity index (χ1) is 9.21. The molecule has 1 aliphatic heterocycles. The second-order valence-corrected chi connectivity index (χ2v) is 4.66. The van der Waals surface area contributed by atoms with Gasteiger partial charge in [-0.15, -0.1) is 0 Å². The normalized spacial score (nSPS) is 20.1. The van der Waals surface area contributed by atoms with E-state index in [-0.39, 0.29) is 0 Å². The molecule has 1 N–H and O–H groups in total. The van der Waals surface area contributed by atoms with Gasteiger partial charge < -0.3 is 19.5 Å². The van der Waals surface area contributed by atoms with Crippen molar-refractivity contribution in [3.63, 3.8) is 0 Å². The second-order valence-electron chi connectivity index (χ2n) is 4.66. The monoisotopic (exact) mass is 266 g/mol. The molecule has 0 saturated carbocycles. The maximum atomic E-state index is 5.40. The van der Waals surface area contributed by atoms with Crippen LogP contribution >= 0.6 is 0 Å². The van der Waals surface area contributed by atoms with Crippen molar-refractivity contribution in [1.82, 2.24) is 10.2 Å². The van der Waals surface area contributed by atoms with E-state index in [2.05, 4.69) is 17.3 Å². The Kier molecular flexibility index (Phi) is 4.50. The molecule has 19 heavy (non-hydrogen) atoms. The molecule has 1 aliphatic rings. The van der Waals surface area contributed by atoms with Gasteiger partial charge in [0.25, 0.3) is 0 Å². The first-order valence-corrected chi connectivity index (χ1v) is 6.42. The average Bonchev–Trinajstić information content (AvgIpc) is 2.46. The van der Waals surface area contributed by atoms with Crippen LogP contribution in [-0.2, 0) is 0 Å². The highest BCUT2D eigenvalue weighted by Gasteiger charge is 2.23. The van der Waals surface area contributed by atoms with Gasteiger partial charge in [-0.3, -0.25) is 4.90 Å². The van der Waals surface area contributed by atoms with Crippen molar-refractivity contribution in [3.05, 3.63) is 17.7 Å². The van der Waals surface area contributed by atoms with Crippen molar-refractivity contribution < 1.29 is 14.2 Å². The minimum atomic E-state index is 0.322. The topological polar surface area (TPSA) is 43.0 Å². The van der Waals surface area contributed by atoms with Gasteiger partial charge >= 0.3 is 0 Å².